The van der Waals surface area contributed by atoms with Crippen molar-refractivity contribution in [2.24, 2.45) is 5.73 Å². The standard InChI is InChI=1S/C18H13N7O5.C11H10FN3O2.ClH/c26-15(12-6-13(16(27)28)25-17(22-12)19-7-20-25)21-11-4-2-8-5-9(1-3-10(8)11)14-23-18(29)30-24-14;12-6-2-1-5(4-13)3-7(6)15-9-8(14)10(16)11(9)17;/h1,3,5-7,11H,2,4H2,(H,21,26)(H,27,28)(H,23,24,29);1-3,15H,4,13-14H2;1H/t11-;;/m0../s1. The van der Waals surface area contributed by atoms with Gasteiger partial charge >= 0.3 is 11.7 Å². The van der Waals surface area contributed by atoms with Crippen molar-refractivity contribution in [1.29, 1.82) is 0 Å². The molecule has 8 N–H and O–H groups in total. The number of carboxylic acids is 1. The average molecular weight is 679 g/mol. The van der Waals surface area contributed by atoms with Gasteiger partial charge in [-0.25, -0.2) is 19.0 Å². The molecule has 3 aromatic heterocycles. The predicted octanol–water partition coefficient (Wildman–Crippen LogP) is 1.21. The fourth-order valence-electron chi connectivity index (χ4n) is 5.05. The number of nitrogens with zero attached hydrogens (tertiary/aromatic N) is 5. The normalized spacial score (nSPS) is 13.3. The lowest BCUT2D eigenvalue weighted by atomic mass is 10.0. The molecule has 19 heteroatoms. The van der Waals surface area contributed by atoms with Gasteiger partial charge in [0.2, 0.25) is 0 Å². The molecule has 1 aliphatic carbocycles. The third-order valence-corrected chi connectivity index (χ3v) is 7.42. The third kappa shape index (κ3) is 6.24. The second-order valence-corrected chi connectivity index (χ2v) is 10.3. The number of hydrogen-bond donors (Lipinski definition) is 6. The Morgan fingerprint density at radius 2 is 1.92 bits per heavy atom. The lowest BCUT2D eigenvalue weighted by Gasteiger charge is -2.14. The fourth-order valence-corrected chi connectivity index (χ4v) is 5.05. The monoisotopic (exact) mass is 678 g/mol. The minimum Gasteiger partial charge on any atom is -0.477 e. The fraction of sp³-hybridized carbons (Fsp3) is 0.138. The Morgan fingerprint density at radius 3 is 2.60 bits per heavy atom. The molecule has 48 heavy (non-hydrogen) atoms. The zero-order valence-electron chi connectivity index (χ0n) is 24.4. The molecule has 6 aromatic rings. The van der Waals surface area contributed by atoms with Crippen molar-refractivity contribution in [2.45, 2.75) is 25.4 Å². The van der Waals surface area contributed by atoms with E-state index in [1.165, 1.54) is 30.6 Å². The highest BCUT2D eigenvalue weighted by atomic mass is 35.5. The number of fused-ring (bicyclic) bond motifs is 2. The van der Waals surface area contributed by atoms with Crippen LogP contribution in [0.15, 0.2) is 67.7 Å². The molecule has 0 fully saturated rings. The maximum atomic E-state index is 13.4. The van der Waals surface area contributed by atoms with Gasteiger partial charge in [-0.15, -0.1) is 12.4 Å². The molecule has 0 saturated carbocycles. The predicted molar refractivity (Wildman–Crippen MR) is 169 cm³/mol. The number of aryl methyl sites for hydroxylation is 1. The van der Waals surface area contributed by atoms with Crippen LogP contribution in [-0.2, 0) is 13.0 Å². The van der Waals surface area contributed by atoms with Gasteiger partial charge in [-0.1, -0.05) is 23.4 Å². The first-order chi connectivity index (χ1) is 22.5. The van der Waals surface area contributed by atoms with E-state index < -0.39 is 34.3 Å². The summed E-state index contributed by atoms with van der Waals surface area (Å²) in [6.07, 6.45) is 2.55. The zero-order chi connectivity index (χ0) is 33.4. The van der Waals surface area contributed by atoms with E-state index in [0.29, 0.717) is 29.8 Å². The van der Waals surface area contributed by atoms with Crippen molar-refractivity contribution in [2.75, 3.05) is 11.1 Å². The number of nitrogen functional groups attached to an aromatic ring is 1. The molecule has 3 heterocycles. The van der Waals surface area contributed by atoms with Gasteiger partial charge in [0.05, 0.1) is 11.7 Å². The molecule has 0 bridgehead atoms. The molecule has 3 aromatic carbocycles. The lowest BCUT2D eigenvalue weighted by Crippen LogP contribution is -2.36. The number of carbonyl (C=O) groups is 2. The average Bonchev–Trinajstić information content (AvgIpc) is 3.83. The topological polar surface area (TPSA) is 267 Å². The van der Waals surface area contributed by atoms with Gasteiger partial charge < -0.3 is 27.2 Å². The number of hydrogen-bond acceptors (Lipinski definition) is 13. The summed E-state index contributed by atoms with van der Waals surface area (Å²) in [7, 11) is 0. The summed E-state index contributed by atoms with van der Waals surface area (Å²) < 4.78 is 19.0. The lowest BCUT2D eigenvalue weighted by molar-refractivity contribution is 0.0687. The molecule has 1 aliphatic rings. The van der Waals surface area contributed by atoms with Crippen molar-refractivity contribution in [1.82, 2.24) is 35.0 Å². The number of carbonyl (C=O) groups excluding carboxylic acids is 1. The van der Waals surface area contributed by atoms with E-state index in [0.717, 1.165) is 15.6 Å². The second kappa shape index (κ2) is 13.2. The van der Waals surface area contributed by atoms with Crippen LogP contribution in [-0.4, -0.2) is 46.7 Å². The summed E-state index contributed by atoms with van der Waals surface area (Å²) in [4.78, 5) is 67.9. The summed E-state index contributed by atoms with van der Waals surface area (Å²) in [6, 6.07) is 10.6. The molecular weight excluding hydrogens is 655 g/mol. The van der Waals surface area contributed by atoms with Crippen LogP contribution in [0.3, 0.4) is 0 Å². The van der Waals surface area contributed by atoms with Crippen LogP contribution >= 0.6 is 12.4 Å². The summed E-state index contributed by atoms with van der Waals surface area (Å²) >= 11 is 0. The van der Waals surface area contributed by atoms with Crippen LogP contribution in [0.1, 0.15) is 50.1 Å². The smallest absolute Gasteiger partial charge is 0.439 e. The number of benzene rings is 2. The van der Waals surface area contributed by atoms with Crippen LogP contribution in [0.2, 0.25) is 0 Å². The third-order valence-electron chi connectivity index (χ3n) is 7.42. The van der Waals surface area contributed by atoms with Gasteiger partial charge in [-0.2, -0.15) is 14.6 Å². The largest absolute Gasteiger partial charge is 0.477 e. The molecule has 0 radical (unpaired) electrons. The first-order valence-electron chi connectivity index (χ1n) is 13.8. The molecule has 246 valence electrons. The highest BCUT2D eigenvalue weighted by Crippen LogP contribution is 2.33. The van der Waals surface area contributed by atoms with Gasteiger partial charge in [-0.05, 0) is 47.7 Å². The number of amides is 1. The van der Waals surface area contributed by atoms with E-state index in [-0.39, 0.29) is 59.2 Å². The molecule has 17 nitrogen and oxygen atoms in total. The van der Waals surface area contributed by atoms with Gasteiger partial charge in [0, 0.05) is 18.2 Å². The number of nitrogens with two attached hydrogens (primary N) is 2. The summed E-state index contributed by atoms with van der Waals surface area (Å²) in [5, 5.41) is 22.2. The maximum Gasteiger partial charge on any atom is 0.439 e. The first-order valence-corrected chi connectivity index (χ1v) is 13.8. The quantitative estimate of drug-likeness (QED) is 0.130. The van der Waals surface area contributed by atoms with Crippen molar-refractivity contribution in [3.63, 3.8) is 0 Å². The Hall–Kier alpha value is -6.27. The van der Waals surface area contributed by atoms with Gasteiger partial charge in [0.1, 0.15) is 29.2 Å². The molecule has 0 saturated heterocycles. The minimum atomic E-state index is -1.24. The van der Waals surface area contributed by atoms with Crippen LogP contribution in [0.5, 0.6) is 0 Å². The highest BCUT2D eigenvalue weighted by molar-refractivity contribution is 5.96. The van der Waals surface area contributed by atoms with E-state index in [9.17, 15) is 33.5 Å². The van der Waals surface area contributed by atoms with E-state index in [4.69, 9.17) is 11.5 Å². The molecule has 1 atom stereocenters. The summed E-state index contributed by atoms with van der Waals surface area (Å²) in [5.74, 6) is -2.57. The Labute approximate surface area is 272 Å². The van der Waals surface area contributed by atoms with Gasteiger partial charge in [0.15, 0.2) is 11.5 Å². The highest BCUT2D eigenvalue weighted by Gasteiger charge is 2.27. The van der Waals surface area contributed by atoms with Crippen LogP contribution in [0.4, 0.5) is 21.5 Å². The number of nitrogens with one attached hydrogen (secondary N) is 3. The first kappa shape index (κ1) is 33.1. The molecular formula is C29H24ClFN10O7. The molecule has 0 spiro atoms. The summed E-state index contributed by atoms with van der Waals surface area (Å²) in [6.45, 7) is 0.246. The Balaban J connectivity index is 0.000000214. The zero-order valence-corrected chi connectivity index (χ0v) is 25.2. The number of aromatic carboxylic acids is 1. The molecule has 7 rings (SSSR count). The van der Waals surface area contributed by atoms with Gasteiger partial charge in [0.25, 0.3) is 22.5 Å². The number of rotatable bonds is 7. The van der Waals surface area contributed by atoms with E-state index >= 15 is 0 Å². The maximum absolute atomic E-state index is 13.4. The number of halogens is 2. The van der Waals surface area contributed by atoms with Crippen molar-refractivity contribution < 1.29 is 23.6 Å². The van der Waals surface area contributed by atoms with Crippen molar-refractivity contribution in [3.8, 4) is 11.4 Å². The van der Waals surface area contributed by atoms with Crippen LogP contribution in [0, 0.1) is 5.82 Å². The number of carboxylic acid groups (broad SMARTS) is 1. The molecule has 1 amide bonds. The molecule has 0 unspecified atom stereocenters. The number of aromatic amines is 1. The van der Waals surface area contributed by atoms with Crippen molar-refractivity contribution in [3.05, 3.63) is 114 Å². The minimum absolute atomic E-state index is 0. The van der Waals surface area contributed by atoms with E-state index in [2.05, 4.69) is 40.4 Å². The second-order valence-electron chi connectivity index (χ2n) is 10.3. The Morgan fingerprint density at radius 1 is 1.12 bits per heavy atom. The van der Waals surface area contributed by atoms with E-state index in [1.807, 2.05) is 12.1 Å². The number of anilines is 3. The summed E-state index contributed by atoms with van der Waals surface area (Å²) in [5.41, 5.74) is 12.2. The number of aromatic nitrogens is 6. The molecule has 0 aliphatic heterocycles. The Kier molecular flexibility index (Phi) is 9.12. The Bertz CT molecular complexity index is 2330. The van der Waals surface area contributed by atoms with E-state index in [1.54, 1.807) is 6.07 Å². The van der Waals surface area contributed by atoms with Gasteiger partial charge in [-0.3, -0.25) is 23.9 Å². The number of H-pyrrole nitrogens is 1. The van der Waals surface area contributed by atoms with Crippen LogP contribution < -0.4 is 38.7 Å². The van der Waals surface area contributed by atoms with Crippen LogP contribution in [0.25, 0.3) is 17.2 Å². The SMILES string of the molecule is Cl.NCc1ccc(F)c(Nc2c(N)c(=O)c2=O)c1.O=C(N[C@H]1CCc2cc(-c3noc(=O)[nH]3)ccc21)c1cc(C(=O)O)n2ncnc2n1. The van der Waals surface area contributed by atoms with Crippen molar-refractivity contribution >= 4 is 47.1 Å².